The largest absolute Gasteiger partial charge is 0.353 e. The highest BCUT2D eigenvalue weighted by Crippen LogP contribution is 2.74. The van der Waals surface area contributed by atoms with Crippen LogP contribution in [0.1, 0.15) is 319 Å². The number of hydrogen-bond acceptors (Lipinski definition) is 11. The molecule has 7 aliphatic heterocycles. The third kappa shape index (κ3) is 10.6. The molecule has 19 heteroatoms. The standard InChI is InChI=1S/C25H30N4.C23H30N4.C23H27NS2.C21H26N4.C20H24N4/c1-15-6-4-5-7-21(15)29-16(2)22-23(28-9-8-26-24(28)27(22)3)25(29)19-11-17-10-18(13-19)14-20(25)12-17;1-14-10-9-11-16-17(14)27-15(2)18-19(26-13-12-24-20(26)25(18)8)23(27,7)22(5,6)21(16,3)4;1-13-9-8-10-16-18(13)24-14(2)19-17(15-11-12-25-20(15)26-19)23(24,7)22(5,6)21(16,3)4;1-15-9-5-6-10-17(15)25-16(2)18-19(21(25)11-7-4-8-12-21)24-14-13-22-20(24)23(18)3;1-14-8-4-5-9-16(14)24-15(2)17-18(20(24)10-6-7-11-20)23-13-12-21-19(23)22(17)3/h4-9,16-20H,10-14H2,1-3H3;9-13,15H,1-8H3;8-12,14H,1-7H3;5-6,9-10,13-14,16H,4,7-8,11-12H2,1-3H3;4-5,8-9,12-13,15H,6-7,10-11H2,1-3H3. The van der Waals surface area contributed by atoms with E-state index in [1.807, 2.05) is 47.5 Å². The monoisotopic (exact) mass is 1780 g/mol. The maximum atomic E-state index is 4.73. The van der Waals surface area contributed by atoms with Crippen molar-refractivity contribution < 1.29 is 0 Å². The first-order valence-electron chi connectivity index (χ1n) is 49.5. The van der Waals surface area contributed by atoms with Crippen molar-refractivity contribution in [3.63, 3.8) is 0 Å². The number of hydrogen-bond donors (Lipinski definition) is 0. The van der Waals surface area contributed by atoms with Crippen molar-refractivity contribution in [2.75, 3.05) is 24.5 Å². The van der Waals surface area contributed by atoms with Crippen molar-refractivity contribution in [1.29, 1.82) is 0 Å². The number of imidazole rings is 8. The Kier molecular flexibility index (Phi) is 18.7. The van der Waals surface area contributed by atoms with Crippen molar-refractivity contribution in [3.05, 3.63) is 265 Å². The minimum absolute atomic E-state index is 0.0102. The van der Waals surface area contributed by atoms with Gasteiger partial charge in [-0.1, -0.05) is 178 Å². The molecule has 0 saturated heterocycles. The molecule has 131 heavy (non-hydrogen) atoms. The van der Waals surface area contributed by atoms with Crippen LogP contribution in [-0.4, -0.2) is 55.8 Å². The fourth-order valence-electron chi connectivity index (χ4n) is 31.2. The van der Waals surface area contributed by atoms with Crippen LogP contribution < -0.4 is 24.5 Å². The van der Waals surface area contributed by atoms with Crippen LogP contribution in [0.25, 0.3) is 32.5 Å². The van der Waals surface area contributed by atoms with Gasteiger partial charge in [0.25, 0.3) is 0 Å². The first-order valence-corrected chi connectivity index (χ1v) is 51.2. The number of anilines is 5. The van der Waals surface area contributed by atoms with Crippen molar-refractivity contribution in [2.24, 2.45) is 62.7 Å². The number of rotatable bonds is 3. The molecule has 0 radical (unpaired) electrons. The highest BCUT2D eigenvalue weighted by atomic mass is 32.2. The molecule has 3 spiro atoms. The average Bonchev–Trinajstić information content (AvgIpc) is 1.52. The molecule has 4 bridgehead atoms. The molecular formula is C112H137N17S2. The quantitative estimate of drug-likeness (QED) is 0.171. The van der Waals surface area contributed by atoms with Gasteiger partial charge in [-0.15, -0.1) is 22.7 Å². The summed E-state index contributed by atoms with van der Waals surface area (Å²) < 4.78 is 20.3. The van der Waals surface area contributed by atoms with Gasteiger partial charge in [-0.05, 0) is 244 Å². The molecule has 10 aromatic heterocycles. The predicted molar refractivity (Wildman–Crippen MR) is 539 cm³/mol. The lowest BCUT2D eigenvalue weighted by Gasteiger charge is -2.63. The number of aromatic nitrogens is 12. The fourth-order valence-corrected chi connectivity index (χ4v) is 33.7. The van der Waals surface area contributed by atoms with Crippen LogP contribution >= 0.6 is 22.7 Å². The smallest absolute Gasteiger partial charge is 0.214 e. The Morgan fingerprint density at radius 3 is 1.14 bits per heavy atom. The molecule has 6 fully saturated rings. The van der Waals surface area contributed by atoms with Crippen LogP contribution in [0.3, 0.4) is 0 Å². The fraction of sp³-hybridized carbons (Fsp3) is 0.500. The number of para-hydroxylation sites is 5. The van der Waals surface area contributed by atoms with Crippen LogP contribution in [0, 0.1) is 69.1 Å². The van der Waals surface area contributed by atoms with Gasteiger partial charge in [0.15, 0.2) is 0 Å². The van der Waals surface area contributed by atoms with Crippen LogP contribution in [0.5, 0.6) is 0 Å². The van der Waals surface area contributed by atoms with E-state index in [9.17, 15) is 0 Å². The van der Waals surface area contributed by atoms with E-state index in [0.717, 1.165) is 46.8 Å². The molecule has 0 N–H and O–H groups in total. The number of aryl methyl sites for hydroxylation is 9. The Hall–Kier alpha value is -10.2. The minimum Gasteiger partial charge on any atom is -0.353 e. The molecule has 17 heterocycles. The number of thiophene rings is 2. The van der Waals surface area contributed by atoms with Crippen LogP contribution in [0.15, 0.2) is 170 Å². The summed E-state index contributed by atoms with van der Waals surface area (Å²) >= 11 is 3.92. The Morgan fingerprint density at radius 1 is 0.351 bits per heavy atom. The van der Waals surface area contributed by atoms with Gasteiger partial charge in [-0.2, -0.15) is 0 Å². The SMILES string of the molecule is Cc1cccc2c1N1C(C)c3c(n4ccnc4n3C)C1(C)C(C)(C)C2(C)C.Cc1cccc2c1N1C(C)c3sc4sccc4c3C1(C)C(C)(C)C2(C)C.Cc1ccccc1N1C(C)c2c(n3ccnc3n2C)C12C1CC3CC(C1)CC2C3.Cc1ccccc1N1C(C)c2c(n3ccnc3n2C)C12CCCC2.Cc1ccccc1N1C(C)c2c(n3ccnc3n2C)C12CCCCC2. The first kappa shape index (κ1) is 85.0. The lowest BCUT2D eigenvalue weighted by Crippen LogP contribution is -2.62. The van der Waals surface area contributed by atoms with Gasteiger partial charge in [0.2, 0.25) is 23.1 Å². The summed E-state index contributed by atoms with van der Waals surface area (Å²) in [6.07, 6.45) is 35.1. The summed E-state index contributed by atoms with van der Waals surface area (Å²) in [5.41, 5.74) is 30.7. The third-order valence-corrected chi connectivity index (χ3v) is 40.7. The predicted octanol–water partition coefficient (Wildman–Crippen LogP) is 26.7. The number of nitrogens with zero attached hydrogens (tertiary/aromatic N) is 17. The topological polar surface area (TPSA) is 105 Å². The van der Waals surface area contributed by atoms with Crippen molar-refractivity contribution in [3.8, 4) is 0 Å². The molecule has 7 unspecified atom stereocenters. The molecule has 17 nitrogen and oxygen atoms in total. The first-order chi connectivity index (χ1) is 62.6. The number of fused-ring (bicyclic) bond motifs is 25. The zero-order valence-electron chi connectivity index (χ0n) is 82.2. The van der Waals surface area contributed by atoms with E-state index >= 15 is 0 Å². The Morgan fingerprint density at radius 2 is 0.702 bits per heavy atom. The Bertz CT molecular complexity index is 7070. The van der Waals surface area contributed by atoms with E-state index in [2.05, 4.69) is 387 Å². The van der Waals surface area contributed by atoms with E-state index in [1.165, 1.54) is 207 Å². The second-order valence-corrected chi connectivity index (χ2v) is 46.9. The van der Waals surface area contributed by atoms with Gasteiger partial charge in [0.05, 0.1) is 107 Å². The van der Waals surface area contributed by atoms with Crippen LogP contribution in [-0.2, 0) is 66.7 Å². The zero-order valence-corrected chi connectivity index (χ0v) is 83.8. The van der Waals surface area contributed by atoms with Gasteiger partial charge >= 0.3 is 0 Å². The van der Waals surface area contributed by atoms with E-state index < -0.39 is 0 Å². The summed E-state index contributed by atoms with van der Waals surface area (Å²) in [5, 5.41) is 3.76. The van der Waals surface area contributed by atoms with Crippen molar-refractivity contribution in [2.45, 2.75) is 297 Å². The maximum absolute atomic E-state index is 4.73. The molecule has 28 rings (SSSR count). The van der Waals surface area contributed by atoms with Gasteiger partial charge in [-0.25, -0.2) is 19.9 Å². The molecule has 6 aliphatic carbocycles. The maximum Gasteiger partial charge on any atom is 0.214 e. The van der Waals surface area contributed by atoms with E-state index in [-0.39, 0.29) is 49.4 Å². The molecule has 6 saturated carbocycles. The van der Waals surface area contributed by atoms with E-state index in [1.54, 1.807) is 16.1 Å². The molecule has 5 aromatic carbocycles. The lowest BCUT2D eigenvalue weighted by atomic mass is 9.47. The summed E-state index contributed by atoms with van der Waals surface area (Å²) in [4.78, 5) is 33.9. The minimum atomic E-state index is -0.134. The zero-order chi connectivity index (χ0) is 91.3. The van der Waals surface area contributed by atoms with Gasteiger partial charge in [0, 0.05) is 133 Å². The van der Waals surface area contributed by atoms with E-state index in [4.69, 9.17) is 4.98 Å². The number of benzene rings is 5. The van der Waals surface area contributed by atoms with Crippen molar-refractivity contribution >= 4 is 83.6 Å². The molecule has 0 amide bonds. The van der Waals surface area contributed by atoms with Crippen LogP contribution in [0.4, 0.5) is 28.4 Å². The van der Waals surface area contributed by atoms with E-state index in [0.29, 0.717) is 30.2 Å². The molecular weight excluding hydrogens is 1650 g/mol. The molecule has 682 valence electrons. The van der Waals surface area contributed by atoms with Gasteiger partial charge < -0.3 is 42.8 Å². The molecule has 7 atom stereocenters. The molecule has 15 aromatic rings. The highest BCUT2D eigenvalue weighted by molar-refractivity contribution is 7.37. The lowest BCUT2D eigenvalue weighted by molar-refractivity contribution is -0.0623. The summed E-state index contributed by atoms with van der Waals surface area (Å²) in [7, 11) is 8.73. The normalized spacial score (nSPS) is 27.7. The van der Waals surface area contributed by atoms with Gasteiger partial charge in [-0.3, -0.25) is 17.6 Å². The second kappa shape index (κ2) is 28.9. The summed E-state index contributed by atoms with van der Waals surface area (Å²) in [6, 6.07) is 44.7. The highest BCUT2D eigenvalue weighted by Gasteiger charge is 2.70. The summed E-state index contributed by atoms with van der Waals surface area (Å²) in [6.45, 7) is 47.8. The van der Waals surface area contributed by atoms with Crippen molar-refractivity contribution in [1.82, 2.24) is 55.8 Å². The molecule has 13 aliphatic rings. The second-order valence-electron chi connectivity index (χ2n) is 44.7. The Labute approximate surface area is 783 Å². The average molecular weight is 1790 g/mol. The summed E-state index contributed by atoms with van der Waals surface area (Å²) in [5.74, 6) is 7.74. The van der Waals surface area contributed by atoms with Crippen LogP contribution in [0.2, 0.25) is 0 Å². The third-order valence-electron chi connectivity index (χ3n) is 38.3. The Balaban J connectivity index is 0.0000000932. The van der Waals surface area contributed by atoms with Gasteiger partial charge in [0.1, 0.15) is 0 Å².